The molecule has 0 spiro atoms. The summed E-state index contributed by atoms with van der Waals surface area (Å²) in [5.41, 5.74) is 0.420. The molecule has 1 amide bonds. The molecule has 1 aromatic heterocycles. The summed E-state index contributed by atoms with van der Waals surface area (Å²) in [5, 5.41) is 12.6. The largest absolute Gasteiger partial charge is 0.353 e. The molecular weight excluding hydrogens is 296 g/mol. The van der Waals surface area contributed by atoms with E-state index in [1.54, 1.807) is 6.07 Å². The summed E-state index contributed by atoms with van der Waals surface area (Å²) in [6, 6.07) is 4.03. The van der Waals surface area contributed by atoms with E-state index in [1.807, 2.05) is 17.8 Å². The van der Waals surface area contributed by atoms with Crippen LogP contribution in [0.4, 0.5) is 5.82 Å². The highest BCUT2D eigenvalue weighted by atomic mass is 32.2. The third-order valence-electron chi connectivity index (χ3n) is 4.32. The highest BCUT2D eigenvalue weighted by Gasteiger charge is 2.24. The topological polar surface area (TPSA) is 58.1 Å². The molecule has 22 heavy (non-hydrogen) atoms. The number of anilines is 1. The molecule has 2 atom stereocenters. The van der Waals surface area contributed by atoms with Crippen molar-refractivity contribution in [1.29, 1.82) is 0 Å². The van der Waals surface area contributed by atoms with Gasteiger partial charge in [-0.25, -0.2) is 0 Å². The molecular formula is C16H24N4OS. The average Bonchev–Trinajstić information content (AvgIpc) is 2.99. The van der Waals surface area contributed by atoms with Gasteiger partial charge in [-0.15, -0.1) is 10.2 Å². The zero-order valence-corrected chi connectivity index (χ0v) is 14.1. The van der Waals surface area contributed by atoms with Crippen molar-refractivity contribution in [2.24, 2.45) is 0 Å². The summed E-state index contributed by atoms with van der Waals surface area (Å²) >= 11 is 2.01. The maximum Gasteiger partial charge on any atom is 0.272 e. The number of thioether (sulfide) groups is 1. The van der Waals surface area contributed by atoms with Crippen LogP contribution in [-0.4, -0.2) is 45.7 Å². The number of rotatable bonds is 3. The van der Waals surface area contributed by atoms with E-state index in [0.717, 1.165) is 31.7 Å². The first-order valence-corrected chi connectivity index (χ1v) is 9.11. The molecule has 0 aromatic carbocycles. The number of aromatic nitrogens is 2. The fourth-order valence-corrected chi connectivity index (χ4v) is 4.63. The smallest absolute Gasteiger partial charge is 0.272 e. The number of hydrogen-bond acceptors (Lipinski definition) is 5. The number of carbonyl (C=O) groups is 1. The molecule has 5 nitrogen and oxygen atoms in total. The highest BCUT2D eigenvalue weighted by molar-refractivity contribution is 8.00. The van der Waals surface area contributed by atoms with Gasteiger partial charge in [0.25, 0.3) is 5.91 Å². The normalized spacial score (nSPS) is 26.2. The standard InChI is InChI=1S/C16H24N4OS/c1-11-9-20(10-12(2)22-11)15-8-7-14(18-19-15)16(21)17-13-5-3-4-6-13/h7-8,11-13H,3-6,9-10H2,1-2H3,(H,17,21)/t11-,12-/m0/s1. The fraction of sp³-hybridized carbons (Fsp3) is 0.688. The molecule has 1 N–H and O–H groups in total. The quantitative estimate of drug-likeness (QED) is 0.927. The summed E-state index contributed by atoms with van der Waals surface area (Å²) < 4.78 is 0. The molecule has 0 bridgehead atoms. The third kappa shape index (κ3) is 3.72. The molecule has 120 valence electrons. The van der Waals surface area contributed by atoms with E-state index in [-0.39, 0.29) is 5.91 Å². The van der Waals surface area contributed by atoms with Gasteiger partial charge in [-0.05, 0) is 25.0 Å². The number of hydrogen-bond donors (Lipinski definition) is 1. The molecule has 2 fully saturated rings. The Morgan fingerprint density at radius 1 is 1.18 bits per heavy atom. The summed E-state index contributed by atoms with van der Waals surface area (Å²) in [6.45, 7) is 6.45. The van der Waals surface area contributed by atoms with Gasteiger partial charge in [0.2, 0.25) is 0 Å². The Morgan fingerprint density at radius 3 is 2.45 bits per heavy atom. The Morgan fingerprint density at radius 2 is 1.86 bits per heavy atom. The van der Waals surface area contributed by atoms with Crippen molar-refractivity contribution < 1.29 is 4.79 Å². The van der Waals surface area contributed by atoms with Crippen LogP contribution in [-0.2, 0) is 0 Å². The second-order valence-corrected chi connectivity index (χ2v) is 8.28. The minimum atomic E-state index is -0.0955. The van der Waals surface area contributed by atoms with E-state index in [9.17, 15) is 4.79 Å². The van der Waals surface area contributed by atoms with Crippen LogP contribution in [0.15, 0.2) is 12.1 Å². The summed E-state index contributed by atoms with van der Waals surface area (Å²) in [5.74, 6) is 0.776. The van der Waals surface area contributed by atoms with Crippen molar-refractivity contribution in [3.8, 4) is 0 Å². The van der Waals surface area contributed by atoms with Gasteiger partial charge in [0, 0.05) is 29.6 Å². The molecule has 1 aliphatic heterocycles. The first-order chi connectivity index (χ1) is 10.6. The Hall–Kier alpha value is -1.30. The van der Waals surface area contributed by atoms with Crippen molar-refractivity contribution in [1.82, 2.24) is 15.5 Å². The van der Waals surface area contributed by atoms with Crippen LogP contribution in [0.5, 0.6) is 0 Å². The second kappa shape index (κ2) is 6.86. The van der Waals surface area contributed by atoms with Crippen LogP contribution in [0.1, 0.15) is 50.0 Å². The molecule has 1 saturated carbocycles. The molecule has 1 saturated heterocycles. The van der Waals surface area contributed by atoms with Crippen LogP contribution in [0.2, 0.25) is 0 Å². The first-order valence-electron chi connectivity index (χ1n) is 8.17. The average molecular weight is 320 g/mol. The molecule has 0 radical (unpaired) electrons. The zero-order valence-electron chi connectivity index (χ0n) is 13.3. The predicted molar refractivity (Wildman–Crippen MR) is 90.5 cm³/mol. The van der Waals surface area contributed by atoms with E-state index in [2.05, 4.69) is 34.3 Å². The van der Waals surface area contributed by atoms with E-state index in [0.29, 0.717) is 22.2 Å². The molecule has 6 heteroatoms. The SMILES string of the molecule is C[C@H]1CN(c2ccc(C(=O)NC3CCCC3)nn2)C[C@H](C)S1. The first kappa shape index (κ1) is 15.6. The summed E-state index contributed by atoms with van der Waals surface area (Å²) in [4.78, 5) is 14.4. The van der Waals surface area contributed by atoms with Gasteiger partial charge in [-0.3, -0.25) is 4.79 Å². The lowest BCUT2D eigenvalue weighted by Gasteiger charge is -2.35. The third-order valence-corrected chi connectivity index (χ3v) is 5.54. The Labute approximate surface area is 136 Å². The number of carbonyl (C=O) groups excluding carboxylic acids is 1. The lowest BCUT2D eigenvalue weighted by atomic mass is 10.2. The molecule has 1 aliphatic carbocycles. The highest BCUT2D eigenvalue weighted by Crippen LogP contribution is 2.27. The molecule has 1 aromatic rings. The molecule has 2 heterocycles. The van der Waals surface area contributed by atoms with Crippen molar-refractivity contribution >= 4 is 23.5 Å². The molecule has 3 rings (SSSR count). The van der Waals surface area contributed by atoms with Crippen LogP contribution in [0.3, 0.4) is 0 Å². The molecule has 0 unspecified atom stereocenters. The van der Waals surface area contributed by atoms with Gasteiger partial charge in [-0.2, -0.15) is 11.8 Å². The van der Waals surface area contributed by atoms with Crippen molar-refractivity contribution in [3.63, 3.8) is 0 Å². The summed E-state index contributed by atoms with van der Waals surface area (Å²) in [6.07, 6.45) is 4.58. The number of amides is 1. The lowest BCUT2D eigenvalue weighted by molar-refractivity contribution is 0.0932. The van der Waals surface area contributed by atoms with Crippen LogP contribution in [0.25, 0.3) is 0 Å². The fourth-order valence-electron chi connectivity index (χ4n) is 3.31. The van der Waals surface area contributed by atoms with Gasteiger partial charge < -0.3 is 10.2 Å². The van der Waals surface area contributed by atoms with Crippen molar-refractivity contribution in [2.45, 2.75) is 56.1 Å². The van der Waals surface area contributed by atoms with Gasteiger partial charge in [-0.1, -0.05) is 26.7 Å². The van der Waals surface area contributed by atoms with E-state index < -0.39 is 0 Å². The van der Waals surface area contributed by atoms with E-state index >= 15 is 0 Å². The summed E-state index contributed by atoms with van der Waals surface area (Å²) in [7, 11) is 0. The maximum absolute atomic E-state index is 12.2. The number of nitrogens with one attached hydrogen (secondary N) is 1. The van der Waals surface area contributed by atoms with Crippen molar-refractivity contribution in [2.75, 3.05) is 18.0 Å². The molecule has 2 aliphatic rings. The van der Waals surface area contributed by atoms with Gasteiger partial charge in [0.05, 0.1) is 0 Å². The number of nitrogens with zero attached hydrogens (tertiary/aromatic N) is 3. The van der Waals surface area contributed by atoms with Gasteiger partial charge in [0.15, 0.2) is 11.5 Å². The minimum absolute atomic E-state index is 0.0955. The van der Waals surface area contributed by atoms with Gasteiger partial charge in [0.1, 0.15) is 0 Å². The van der Waals surface area contributed by atoms with E-state index in [4.69, 9.17) is 0 Å². The van der Waals surface area contributed by atoms with Crippen LogP contribution < -0.4 is 10.2 Å². The Bertz CT molecular complexity index is 505. The lowest BCUT2D eigenvalue weighted by Crippen LogP contribution is -2.41. The van der Waals surface area contributed by atoms with Gasteiger partial charge >= 0.3 is 0 Å². The zero-order chi connectivity index (χ0) is 15.5. The monoisotopic (exact) mass is 320 g/mol. The maximum atomic E-state index is 12.2. The van der Waals surface area contributed by atoms with E-state index in [1.165, 1.54) is 12.8 Å². The Balaban J connectivity index is 1.63. The van der Waals surface area contributed by atoms with Crippen molar-refractivity contribution in [3.05, 3.63) is 17.8 Å². The van der Waals surface area contributed by atoms with Crippen LogP contribution in [0, 0.1) is 0 Å². The van der Waals surface area contributed by atoms with Crippen LogP contribution >= 0.6 is 11.8 Å². The Kier molecular flexibility index (Phi) is 4.86. The minimum Gasteiger partial charge on any atom is -0.353 e. The predicted octanol–water partition coefficient (Wildman–Crippen LogP) is 2.48. The second-order valence-electron chi connectivity index (χ2n) is 6.39.